The first-order valence-electron chi connectivity index (χ1n) is 26.5. The molecule has 0 saturated heterocycles. The van der Waals surface area contributed by atoms with Crippen molar-refractivity contribution in [3.63, 3.8) is 0 Å². The molecule has 0 aliphatic carbocycles. The van der Waals surface area contributed by atoms with Crippen LogP contribution in [0, 0.1) is 23.7 Å². The van der Waals surface area contributed by atoms with Crippen molar-refractivity contribution in [2.75, 3.05) is 0 Å². The van der Waals surface area contributed by atoms with Crippen molar-refractivity contribution >= 4 is 56.6 Å². The molecular formula is C62H86N2+2. The molecule has 342 valence electrons. The Balaban J connectivity index is 1.46. The molecular weight excluding hydrogens is 773 g/mol. The van der Waals surface area contributed by atoms with E-state index in [4.69, 9.17) is 0 Å². The van der Waals surface area contributed by atoms with Gasteiger partial charge in [0.2, 0.25) is 0 Å². The van der Waals surface area contributed by atoms with Gasteiger partial charge in [-0.05, 0) is 116 Å². The van der Waals surface area contributed by atoms with Crippen LogP contribution in [0.3, 0.4) is 0 Å². The Morgan fingerprint density at radius 1 is 0.391 bits per heavy atom. The molecule has 6 rings (SSSR count). The molecule has 4 atom stereocenters. The molecule has 2 heteroatoms. The minimum atomic E-state index is 0.691. The first kappa shape index (κ1) is 49.1. The van der Waals surface area contributed by atoms with Crippen LogP contribution in [-0.4, -0.2) is 0 Å². The summed E-state index contributed by atoms with van der Waals surface area (Å²) in [6.45, 7) is 21.0. The van der Waals surface area contributed by atoms with E-state index < -0.39 is 0 Å². The van der Waals surface area contributed by atoms with Gasteiger partial charge in [0.25, 0.3) is 0 Å². The van der Waals surface area contributed by atoms with E-state index >= 15 is 0 Å². The molecule has 0 aliphatic rings. The fourth-order valence-electron chi connectivity index (χ4n) is 10.5. The van der Waals surface area contributed by atoms with Crippen LogP contribution in [0.5, 0.6) is 0 Å². The summed E-state index contributed by atoms with van der Waals surface area (Å²) in [5.74, 6) is 2.87. The highest BCUT2D eigenvalue weighted by Gasteiger charge is 2.21. The van der Waals surface area contributed by atoms with Gasteiger partial charge in [-0.15, -0.1) is 0 Å². The summed E-state index contributed by atoms with van der Waals surface area (Å²) in [6.07, 6.45) is 41.5. The molecule has 6 aromatic rings. The number of hydrogen-bond acceptors (Lipinski definition) is 0. The zero-order chi connectivity index (χ0) is 45.3. The molecule has 0 saturated carbocycles. The van der Waals surface area contributed by atoms with E-state index in [2.05, 4.69) is 174 Å². The lowest BCUT2D eigenvalue weighted by Crippen LogP contribution is -2.36. The normalized spacial score (nSPS) is 14.2. The molecule has 2 aromatic heterocycles. The van der Waals surface area contributed by atoms with Crippen molar-refractivity contribution in [1.29, 1.82) is 0 Å². The highest BCUT2D eigenvalue weighted by molar-refractivity contribution is 6.27. The maximum Gasteiger partial charge on any atom is 0.169 e. The minimum Gasteiger partial charge on any atom is -0.205 e. The number of rotatable bonds is 28. The maximum atomic E-state index is 2.56. The summed E-state index contributed by atoms with van der Waals surface area (Å²) in [5, 5.41) is 8.60. The van der Waals surface area contributed by atoms with Gasteiger partial charge < -0.3 is 0 Å². The van der Waals surface area contributed by atoms with E-state index in [9.17, 15) is 0 Å². The Bertz CT molecular complexity index is 2180. The summed E-state index contributed by atoms with van der Waals surface area (Å²) < 4.78 is 4.80. The SMILES string of the molecule is CCCCC(CC)Cc1cc(/C=C/c2cc[n+](CC(CC)CCCC)cc2)c2ccc3c(CC(CC)CCCC)cc(/C=C/c4cc[n+](CC(CC)CCCC)cc4)c4ccc1c2c43. The Labute approximate surface area is 390 Å². The summed E-state index contributed by atoms with van der Waals surface area (Å²) in [5.41, 5.74) is 8.25. The van der Waals surface area contributed by atoms with Gasteiger partial charge in [0, 0.05) is 36.1 Å². The van der Waals surface area contributed by atoms with Crippen LogP contribution in [0.25, 0.3) is 56.6 Å². The fourth-order valence-corrected chi connectivity index (χ4v) is 10.5. The van der Waals surface area contributed by atoms with Gasteiger partial charge in [0.05, 0.1) is 0 Å². The largest absolute Gasteiger partial charge is 0.205 e. The predicted molar refractivity (Wildman–Crippen MR) is 282 cm³/mol. The standard InChI is InChI=1S/C62H86N2/c1-9-17-21-47(13-5)41-55-43-53(27-25-51-33-37-63(38-34-51)45-49(15-7)23-19-11-3)57-30-32-60-56(42-48(14-6)22-18-10-2)44-54(58-29-31-59(55)61(57)62(58)60)28-26-52-35-39-64(40-36-52)46-50(16-8)24-20-12-4/h25-40,43-44,47-50H,9-24,41-42,45-46H2,1-8H3/q+2/b27-25+,28-26+. The number of nitrogens with zero attached hydrogens (tertiary/aromatic N) is 2. The smallest absolute Gasteiger partial charge is 0.169 e. The molecule has 0 spiro atoms. The van der Waals surface area contributed by atoms with E-state index in [-0.39, 0.29) is 0 Å². The zero-order valence-electron chi connectivity index (χ0n) is 41.7. The lowest BCUT2D eigenvalue weighted by atomic mass is 9.81. The van der Waals surface area contributed by atoms with Gasteiger partial charge in [0.15, 0.2) is 37.9 Å². The molecule has 0 aliphatic heterocycles. The third-order valence-corrected chi connectivity index (χ3v) is 15.0. The Morgan fingerprint density at radius 3 is 1.05 bits per heavy atom. The topological polar surface area (TPSA) is 7.76 Å². The van der Waals surface area contributed by atoms with Crippen LogP contribution < -0.4 is 9.13 Å². The van der Waals surface area contributed by atoms with E-state index in [1.54, 1.807) is 0 Å². The molecule has 0 radical (unpaired) electrons. The Kier molecular flexibility index (Phi) is 19.5. The molecule has 2 nitrogen and oxygen atoms in total. The minimum absolute atomic E-state index is 0.691. The highest BCUT2D eigenvalue weighted by Crippen LogP contribution is 2.43. The van der Waals surface area contributed by atoms with E-state index in [0.29, 0.717) is 11.8 Å². The van der Waals surface area contributed by atoms with Crippen molar-refractivity contribution in [2.24, 2.45) is 23.7 Å². The molecule has 0 bridgehead atoms. The summed E-state index contributed by atoms with van der Waals surface area (Å²) >= 11 is 0. The highest BCUT2D eigenvalue weighted by atomic mass is 14.9. The van der Waals surface area contributed by atoms with Gasteiger partial charge in [-0.2, -0.15) is 0 Å². The van der Waals surface area contributed by atoms with Crippen LogP contribution in [0.2, 0.25) is 0 Å². The average Bonchev–Trinajstić information content (AvgIpc) is 3.33. The Morgan fingerprint density at radius 2 is 0.719 bits per heavy atom. The van der Waals surface area contributed by atoms with E-state index in [0.717, 1.165) is 37.8 Å². The molecule has 0 amide bonds. The van der Waals surface area contributed by atoms with Crippen molar-refractivity contribution in [3.8, 4) is 0 Å². The van der Waals surface area contributed by atoms with Crippen LogP contribution in [0.4, 0.5) is 0 Å². The summed E-state index contributed by atoms with van der Waals surface area (Å²) in [7, 11) is 0. The van der Waals surface area contributed by atoms with Gasteiger partial charge in [0.1, 0.15) is 0 Å². The third-order valence-electron chi connectivity index (χ3n) is 15.0. The molecule has 4 unspecified atom stereocenters. The summed E-state index contributed by atoms with van der Waals surface area (Å²) in [6, 6.07) is 24.3. The average molecular weight is 859 g/mol. The van der Waals surface area contributed by atoms with Crippen molar-refractivity contribution in [2.45, 2.75) is 184 Å². The molecule has 0 fully saturated rings. The molecule has 4 aromatic carbocycles. The number of aromatic nitrogens is 2. The number of benzene rings is 4. The third kappa shape index (κ3) is 12.9. The lowest BCUT2D eigenvalue weighted by molar-refractivity contribution is -0.703. The first-order chi connectivity index (χ1) is 31.4. The van der Waals surface area contributed by atoms with Crippen LogP contribution in [0.1, 0.15) is 192 Å². The van der Waals surface area contributed by atoms with Crippen molar-refractivity contribution < 1.29 is 9.13 Å². The molecule has 0 N–H and O–H groups in total. The predicted octanol–water partition coefficient (Wildman–Crippen LogP) is 17.5. The first-order valence-corrected chi connectivity index (χ1v) is 26.5. The van der Waals surface area contributed by atoms with Gasteiger partial charge in [-0.1, -0.05) is 193 Å². The Hall–Kier alpha value is -4.30. The van der Waals surface area contributed by atoms with Gasteiger partial charge in [-0.25, -0.2) is 9.13 Å². The summed E-state index contributed by atoms with van der Waals surface area (Å²) in [4.78, 5) is 0. The van der Waals surface area contributed by atoms with Crippen LogP contribution in [-0.2, 0) is 25.9 Å². The van der Waals surface area contributed by atoms with Crippen molar-refractivity contribution in [1.82, 2.24) is 0 Å². The molecule has 64 heavy (non-hydrogen) atoms. The second kappa shape index (κ2) is 25.4. The van der Waals surface area contributed by atoms with Crippen LogP contribution >= 0.6 is 0 Å². The van der Waals surface area contributed by atoms with E-state index in [1.807, 2.05) is 0 Å². The van der Waals surface area contributed by atoms with Gasteiger partial charge in [-0.3, -0.25) is 0 Å². The van der Waals surface area contributed by atoms with E-state index in [1.165, 1.54) is 168 Å². The fraction of sp³-hybridized carbons (Fsp3) is 0.516. The monoisotopic (exact) mass is 859 g/mol. The molecule has 2 heterocycles. The zero-order valence-corrected chi connectivity index (χ0v) is 41.7. The second-order valence-electron chi connectivity index (χ2n) is 19.7. The van der Waals surface area contributed by atoms with Crippen LogP contribution in [0.15, 0.2) is 85.5 Å². The number of unbranched alkanes of at least 4 members (excludes halogenated alkanes) is 4. The lowest BCUT2D eigenvalue weighted by Gasteiger charge is -2.23. The number of hydrogen-bond donors (Lipinski definition) is 0. The quantitative estimate of drug-likeness (QED) is 0.0343. The van der Waals surface area contributed by atoms with Gasteiger partial charge >= 0.3 is 0 Å². The second-order valence-corrected chi connectivity index (χ2v) is 19.7. The maximum absolute atomic E-state index is 2.56. The number of pyridine rings is 2. The van der Waals surface area contributed by atoms with Crippen molar-refractivity contribution in [3.05, 3.63) is 119 Å².